The zero-order valence-corrected chi connectivity index (χ0v) is 14.5. The van der Waals surface area contributed by atoms with Gasteiger partial charge in [0.25, 0.3) is 0 Å². The maximum Gasteiger partial charge on any atom is 0.303 e. The summed E-state index contributed by atoms with van der Waals surface area (Å²) in [6.45, 7) is 3.51. The van der Waals surface area contributed by atoms with Crippen LogP contribution in [0.15, 0.2) is 0 Å². The molecular formula is C19H34O4. The van der Waals surface area contributed by atoms with Gasteiger partial charge in [-0.1, -0.05) is 44.9 Å². The average molecular weight is 326 g/mol. The molecule has 4 nitrogen and oxygen atoms in total. The number of hydrogen-bond acceptors (Lipinski definition) is 3. The quantitative estimate of drug-likeness (QED) is 0.544. The predicted octanol–water partition coefficient (Wildman–Crippen LogP) is 4.27. The zero-order valence-electron chi connectivity index (χ0n) is 14.5. The molecule has 1 saturated carbocycles. The van der Waals surface area contributed by atoms with Crippen molar-refractivity contribution in [2.75, 3.05) is 26.4 Å². The fourth-order valence-electron chi connectivity index (χ4n) is 3.97. The highest BCUT2D eigenvalue weighted by Crippen LogP contribution is 2.29. The first kappa shape index (κ1) is 18.7. The van der Waals surface area contributed by atoms with Gasteiger partial charge in [0.05, 0.1) is 13.2 Å². The molecule has 2 atom stereocenters. The van der Waals surface area contributed by atoms with Crippen molar-refractivity contribution in [2.24, 2.45) is 17.8 Å². The molecule has 4 heteroatoms. The summed E-state index contributed by atoms with van der Waals surface area (Å²) in [6.07, 6.45) is 12.5. The lowest BCUT2D eigenvalue weighted by Gasteiger charge is -2.18. The van der Waals surface area contributed by atoms with Gasteiger partial charge in [0, 0.05) is 25.6 Å². The lowest BCUT2D eigenvalue weighted by Crippen LogP contribution is -2.19. The Morgan fingerprint density at radius 2 is 1.74 bits per heavy atom. The molecule has 0 spiro atoms. The van der Waals surface area contributed by atoms with E-state index in [2.05, 4.69) is 0 Å². The second kappa shape index (κ2) is 11.0. The molecule has 2 aliphatic rings. The second-order valence-corrected chi connectivity index (χ2v) is 7.42. The van der Waals surface area contributed by atoms with Crippen molar-refractivity contribution in [2.45, 2.75) is 70.6 Å². The van der Waals surface area contributed by atoms with E-state index < -0.39 is 5.97 Å². The molecule has 0 bridgehead atoms. The summed E-state index contributed by atoms with van der Waals surface area (Å²) in [4.78, 5) is 10.5. The molecule has 0 amide bonds. The molecule has 0 aromatic carbocycles. The highest BCUT2D eigenvalue weighted by Gasteiger charge is 2.27. The van der Waals surface area contributed by atoms with Crippen LogP contribution in [-0.4, -0.2) is 37.5 Å². The lowest BCUT2D eigenvalue weighted by atomic mass is 9.91. The van der Waals surface area contributed by atoms with Crippen LogP contribution in [0.25, 0.3) is 0 Å². The van der Waals surface area contributed by atoms with Gasteiger partial charge in [-0.05, 0) is 31.1 Å². The molecule has 1 heterocycles. The zero-order chi connectivity index (χ0) is 16.3. The van der Waals surface area contributed by atoms with E-state index in [1.165, 1.54) is 44.9 Å². The standard InChI is InChI=1S/C19H34O4/c20-19(21)10-4-2-1-3-9-17-13-23-15-18(17)14-22-12-11-16-7-5-6-8-16/h16-18H,1-15H2,(H,20,21). The number of unbranched alkanes of at least 4 members (excludes halogenated alkanes) is 3. The van der Waals surface area contributed by atoms with Crippen LogP contribution in [-0.2, 0) is 14.3 Å². The van der Waals surface area contributed by atoms with Gasteiger partial charge >= 0.3 is 5.97 Å². The molecule has 2 unspecified atom stereocenters. The van der Waals surface area contributed by atoms with E-state index in [1.54, 1.807) is 0 Å². The third kappa shape index (κ3) is 7.67. The number of carboxylic acid groups (broad SMARTS) is 1. The van der Waals surface area contributed by atoms with Gasteiger partial charge in [0.15, 0.2) is 0 Å². The van der Waals surface area contributed by atoms with Gasteiger partial charge in [0.1, 0.15) is 0 Å². The third-order valence-electron chi connectivity index (χ3n) is 5.52. The van der Waals surface area contributed by atoms with Gasteiger partial charge < -0.3 is 14.6 Å². The Morgan fingerprint density at radius 1 is 1.00 bits per heavy atom. The summed E-state index contributed by atoms with van der Waals surface area (Å²) in [5.41, 5.74) is 0. The van der Waals surface area contributed by atoms with Crippen molar-refractivity contribution < 1.29 is 19.4 Å². The first-order valence-electron chi connectivity index (χ1n) is 9.63. The Kier molecular flexibility index (Phi) is 8.98. The first-order valence-corrected chi connectivity index (χ1v) is 9.63. The minimum Gasteiger partial charge on any atom is -0.481 e. The lowest BCUT2D eigenvalue weighted by molar-refractivity contribution is -0.137. The fraction of sp³-hybridized carbons (Fsp3) is 0.947. The molecule has 0 radical (unpaired) electrons. The Balaban J connectivity index is 1.48. The largest absolute Gasteiger partial charge is 0.481 e. The minimum absolute atomic E-state index is 0.310. The Morgan fingerprint density at radius 3 is 2.52 bits per heavy atom. The topological polar surface area (TPSA) is 55.8 Å². The average Bonchev–Trinajstić information content (AvgIpc) is 3.18. The summed E-state index contributed by atoms with van der Waals surface area (Å²) < 4.78 is 11.6. The molecule has 2 fully saturated rings. The van der Waals surface area contributed by atoms with Gasteiger partial charge in [-0.15, -0.1) is 0 Å². The van der Waals surface area contributed by atoms with Crippen LogP contribution >= 0.6 is 0 Å². The molecular weight excluding hydrogens is 292 g/mol. The Bertz CT molecular complexity index is 325. The number of carboxylic acids is 1. The van der Waals surface area contributed by atoms with E-state index in [0.29, 0.717) is 18.3 Å². The van der Waals surface area contributed by atoms with Crippen molar-refractivity contribution in [3.05, 3.63) is 0 Å². The van der Waals surface area contributed by atoms with Gasteiger partial charge in [-0.25, -0.2) is 0 Å². The molecule has 134 valence electrons. The molecule has 23 heavy (non-hydrogen) atoms. The van der Waals surface area contributed by atoms with Crippen LogP contribution in [0, 0.1) is 17.8 Å². The molecule has 2 rings (SSSR count). The first-order chi connectivity index (χ1) is 11.3. The normalized spacial score (nSPS) is 25.2. The van der Waals surface area contributed by atoms with Crippen LogP contribution < -0.4 is 0 Å². The number of carbonyl (C=O) groups is 1. The summed E-state index contributed by atoms with van der Waals surface area (Å²) in [6, 6.07) is 0. The van der Waals surface area contributed by atoms with Gasteiger partial charge in [-0.3, -0.25) is 4.79 Å². The summed E-state index contributed by atoms with van der Waals surface area (Å²) in [5.74, 6) is 1.44. The van der Waals surface area contributed by atoms with E-state index in [4.69, 9.17) is 14.6 Å². The van der Waals surface area contributed by atoms with Crippen molar-refractivity contribution >= 4 is 5.97 Å². The highest BCUT2D eigenvalue weighted by atomic mass is 16.5. The van der Waals surface area contributed by atoms with Crippen LogP contribution in [0.2, 0.25) is 0 Å². The summed E-state index contributed by atoms with van der Waals surface area (Å²) in [5, 5.41) is 8.62. The molecule has 1 aliphatic heterocycles. The smallest absolute Gasteiger partial charge is 0.303 e. The third-order valence-corrected chi connectivity index (χ3v) is 5.52. The Hall–Kier alpha value is -0.610. The van der Waals surface area contributed by atoms with Crippen LogP contribution in [0.4, 0.5) is 0 Å². The second-order valence-electron chi connectivity index (χ2n) is 7.42. The van der Waals surface area contributed by atoms with Crippen LogP contribution in [0.3, 0.4) is 0 Å². The maximum atomic E-state index is 10.5. The SMILES string of the molecule is O=C(O)CCCCCCC1COCC1COCCC1CCCC1. The van der Waals surface area contributed by atoms with Crippen molar-refractivity contribution in [3.8, 4) is 0 Å². The summed E-state index contributed by atoms with van der Waals surface area (Å²) >= 11 is 0. The molecule has 1 aliphatic carbocycles. The van der Waals surface area contributed by atoms with E-state index in [1.807, 2.05) is 0 Å². The van der Waals surface area contributed by atoms with Crippen molar-refractivity contribution in [1.29, 1.82) is 0 Å². The van der Waals surface area contributed by atoms with E-state index in [-0.39, 0.29) is 0 Å². The molecule has 0 aromatic heterocycles. The number of rotatable bonds is 12. The minimum atomic E-state index is -0.677. The van der Waals surface area contributed by atoms with E-state index in [0.717, 1.165) is 51.6 Å². The molecule has 1 N–H and O–H groups in total. The highest BCUT2D eigenvalue weighted by molar-refractivity contribution is 5.66. The van der Waals surface area contributed by atoms with Crippen molar-refractivity contribution in [1.82, 2.24) is 0 Å². The monoisotopic (exact) mass is 326 g/mol. The van der Waals surface area contributed by atoms with E-state index >= 15 is 0 Å². The maximum absolute atomic E-state index is 10.5. The fourth-order valence-corrected chi connectivity index (χ4v) is 3.97. The molecule has 0 aromatic rings. The van der Waals surface area contributed by atoms with Gasteiger partial charge in [0.2, 0.25) is 0 Å². The Labute approximate surface area is 140 Å². The summed E-state index contributed by atoms with van der Waals surface area (Å²) in [7, 11) is 0. The van der Waals surface area contributed by atoms with Gasteiger partial charge in [-0.2, -0.15) is 0 Å². The van der Waals surface area contributed by atoms with Crippen LogP contribution in [0.1, 0.15) is 70.6 Å². The molecule has 1 saturated heterocycles. The van der Waals surface area contributed by atoms with Crippen LogP contribution in [0.5, 0.6) is 0 Å². The van der Waals surface area contributed by atoms with E-state index in [9.17, 15) is 4.79 Å². The van der Waals surface area contributed by atoms with Crippen molar-refractivity contribution in [3.63, 3.8) is 0 Å². The number of aliphatic carboxylic acids is 1. The predicted molar refractivity (Wildman–Crippen MR) is 90.5 cm³/mol. The number of ether oxygens (including phenoxy) is 2. The number of hydrogen-bond donors (Lipinski definition) is 1.